The molecule has 4 amide bonds. The van der Waals surface area contributed by atoms with E-state index in [0.29, 0.717) is 36.0 Å². The van der Waals surface area contributed by atoms with Crippen LogP contribution in [0.15, 0.2) is 48.0 Å². The van der Waals surface area contributed by atoms with Gasteiger partial charge in [-0.2, -0.15) is 0 Å². The maximum absolute atomic E-state index is 13.1. The van der Waals surface area contributed by atoms with Crippen molar-refractivity contribution in [3.8, 4) is 17.2 Å². The summed E-state index contributed by atoms with van der Waals surface area (Å²) in [5, 5.41) is 2.21. The summed E-state index contributed by atoms with van der Waals surface area (Å²) in [5.41, 5.74) is 0.609. The van der Waals surface area contributed by atoms with Crippen LogP contribution in [-0.2, 0) is 9.59 Å². The Morgan fingerprint density at radius 1 is 0.933 bits per heavy atom. The molecule has 0 unspecified atom stereocenters. The number of para-hydroxylation sites is 2. The summed E-state index contributed by atoms with van der Waals surface area (Å²) in [7, 11) is 1.50. The molecule has 8 heteroatoms. The summed E-state index contributed by atoms with van der Waals surface area (Å²) in [6.07, 6.45) is 1.40. The van der Waals surface area contributed by atoms with Crippen LogP contribution in [0, 0.1) is 0 Å². The molecule has 0 spiro atoms. The van der Waals surface area contributed by atoms with Crippen LogP contribution in [0.5, 0.6) is 17.2 Å². The highest BCUT2D eigenvalue weighted by Gasteiger charge is 2.38. The van der Waals surface area contributed by atoms with Crippen molar-refractivity contribution in [2.24, 2.45) is 0 Å². The van der Waals surface area contributed by atoms with E-state index in [-0.39, 0.29) is 11.3 Å². The smallest absolute Gasteiger partial charge is 0.336 e. The van der Waals surface area contributed by atoms with Crippen LogP contribution in [0.3, 0.4) is 0 Å². The number of carbonyl (C=O) groups is 3. The summed E-state index contributed by atoms with van der Waals surface area (Å²) >= 11 is 0. The SMILES string of the molecule is CCOc1ccc(/C=C2\C(=O)NC(=O)N(c3ccccc3OCC)C2=O)cc1OC. The highest BCUT2D eigenvalue weighted by atomic mass is 16.5. The molecule has 1 N–H and O–H groups in total. The fourth-order valence-electron chi connectivity index (χ4n) is 3.01. The van der Waals surface area contributed by atoms with Crippen molar-refractivity contribution in [1.82, 2.24) is 5.32 Å². The summed E-state index contributed by atoms with van der Waals surface area (Å²) in [6, 6.07) is 10.8. The second-order valence-electron chi connectivity index (χ2n) is 6.20. The Morgan fingerprint density at radius 2 is 1.63 bits per heavy atom. The van der Waals surface area contributed by atoms with E-state index in [4.69, 9.17) is 14.2 Å². The maximum Gasteiger partial charge on any atom is 0.336 e. The van der Waals surface area contributed by atoms with Crippen LogP contribution < -0.4 is 24.4 Å². The molecule has 1 saturated heterocycles. The molecule has 30 heavy (non-hydrogen) atoms. The molecule has 1 fully saturated rings. The van der Waals surface area contributed by atoms with Gasteiger partial charge in [0.25, 0.3) is 11.8 Å². The van der Waals surface area contributed by atoms with Crippen LogP contribution >= 0.6 is 0 Å². The number of urea groups is 1. The second kappa shape index (κ2) is 9.13. The molecule has 0 aromatic heterocycles. The van der Waals surface area contributed by atoms with Crippen molar-refractivity contribution in [2.45, 2.75) is 13.8 Å². The summed E-state index contributed by atoms with van der Waals surface area (Å²) in [5.74, 6) is -0.153. The molecular formula is C22H22N2O6. The number of hydrogen-bond donors (Lipinski definition) is 1. The minimum absolute atomic E-state index is 0.188. The third-order valence-electron chi connectivity index (χ3n) is 4.31. The van der Waals surface area contributed by atoms with Crippen molar-refractivity contribution in [2.75, 3.05) is 25.2 Å². The molecule has 0 saturated carbocycles. The Labute approximate surface area is 174 Å². The third-order valence-corrected chi connectivity index (χ3v) is 4.31. The lowest BCUT2D eigenvalue weighted by Crippen LogP contribution is -2.54. The predicted octanol–water partition coefficient (Wildman–Crippen LogP) is 3.16. The number of nitrogens with one attached hydrogen (secondary N) is 1. The standard InChI is InChI=1S/C22H22N2O6/c1-4-29-17-9-7-6-8-16(17)24-21(26)15(20(25)23-22(24)27)12-14-10-11-18(30-5-2)19(13-14)28-3/h6-13H,4-5H2,1-3H3,(H,23,25,27)/b15-12+. The second-order valence-corrected chi connectivity index (χ2v) is 6.20. The van der Waals surface area contributed by atoms with Gasteiger partial charge in [-0.05, 0) is 49.8 Å². The van der Waals surface area contributed by atoms with Crippen LogP contribution in [0.4, 0.5) is 10.5 Å². The van der Waals surface area contributed by atoms with Gasteiger partial charge in [-0.3, -0.25) is 14.9 Å². The van der Waals surface area contributed by atoms with Crippen LogP contribution in [0.25, 0.3) is 6.08 Å². The van der Waals surface area contributed by atoms with Gasteiger partial charge in [0.05, 0.1) is 26.0 Å². The van der Waals surface area contributed by atoms with E-state index in [1.54, 1.807) is 49.4 Å². The van der Waals surface area contributed by atoms with E-state index < -0.39 is 17.8 Å². The number of nitrogens with zero attached hydrogens (tertiary/aromatic N) is 1. The number of benzene rings is 2. The number of barbiturate groups is 1. The first-order valence-electron chi connectivity index (χ1n) is 9.44. The van der Waals surface area contributed by atoms with Crippen molar-refractivity contribution >= 4 is 29.6 Å². The van der Waals surface area contributed by atoms with E-state index in [1.165, 1.54) is 13.2 Å². The third kappa shape index (κ3) is 4.12. The van der Waals surface area contributed by atoms with Crippen LogP contribution in [0.2, 0.25) is 0 Å². The molecule has 2 aromatic carbocycles. The van der Waals surface area contributed by atoms with Gasteiger partial charge in [0, 0.05) is 0 Å². The van der Waals surface area contributed by atoms with Gasteiger partial charge >= 0.3 is 6.03 Å². The number of carbonyl (C=O) groups excluding carboxylic acids is 3. The number of amides is 4. The van der Waals surface area contributed by atoms with Gasteiger partial charge in [0.1, 0.15) is 11.3 Å². The fourth-order valence-corrected chi connectivity index (χ4v) is 3.01. The first-order valence-corrected chi connectivity index (χ1v) is 9.44. The van der Waals surface area contributed by atoms with E-state index in [9.17, 15) is 14.4 Å². The molecule has 1 heterocycles. The predicted molar refractivity (Wildman–Crippen MR) is 111 cm³/mol. The highest BCUT2D eigenvalue weighted by molar-refractivity contribution is 6.39. The average Bonchev–Trinajstić information content (AvgIpc) is 2.73. The average molecular weight is 410 g/mol. The largest absolute Gasteiger partial charge is 0.493 e. The molecule has 0 atom stereocenters. The van der Waals surface area contributed by atoms with Gasteiger partial charge in [-0.15, -0.1) is 0 Å². The van der Waals surface area contributed by atoms with Crippen molar-refractivity contribution in [1.29, 1.82) is 0 Å². The summed E-state index contributed by atoms with van der Waals surface area (Å²) in [6.45, 7) is 4.47. The van der Waals surface area contributed by atoms with Crippen molar-refractivity contribution in [3.05, 3.63) is 53.6 Å². The normalized spacial score (nSPS) is 15.2. The zero-order valence-corrected chi connectivity index (χ0v) is 16.9. The molecule has 1 aliphatic rings. The number of hydrogen-bond acceptors (Lipinski definition) is 6. The van der Waals surface area contributed by atoms with Gasteiger partial charge in [-0.25, -0.2) is 9.69 Å². The highest BCUT2D eigenvalue weighted by Crippen LogP contribution is 2.32. The monoisotopic (exact) mass is 410 g/mol. The Hall–Kier alpha value is -3.81. The number of ether oxygens (including phenoxy) is 3. The fraction of sp³-hybridized carbons (Fsp3) is 0.227. The number of anilines is 1. The first-order chi connectivity index (χ1) is 14.5. The zero-order valence-electron chi connectivity index (χ0n) is 16.9. The molecule has 8 nitrogen and oxygen atoms in total. The molecule has 3 rings (SSSR count). The van der Waals surface area contributed by atoms with Crippen LogP contribution in [-0.4, -0.2) is 38.2 Å². The lowest BCUT2D eigenvalue weighted by atomic mass is 10.1. The lowest BCUT2D eigenvalue weighted by Gasteiger charge is -2.27. The number of methoxy groups -OCH3 is 1. The molecule has 0 aliphatic carbocycles. The Balaban J connectivity index is 2.01. The molecule has 2 aromatic rings. The molecule has 1 aliphatic heterocycles. The van der Waals surface area contributed by atoms with Crippen molar-refractivity contribution in [3.63, 3.8) is 0 Å². The molecule has 0 bridgehead atoms. The minimum Gasteiger partial charge on any atom is -0.493 e. The quantitative estimate of drug-likeness (QED) is 0.557. The molecular weight excluding hydrogens is 388 g/mol. The van der Waals surface area contributed by atoms with E-state index in [1.807, 2.05) is 6.92 Å². The topological polar surface area (TPSA) is 94.2 Å². The van der Waals surface area contributed by atoms with E-state index in [0.717, 1.165) is 4.90 Å². The maximum atomic E-state index is 13.1. The zero-order chi connectivity index (χ0) is 21.7. The number of imide groups is 2. The van der Waals surface area contributed by atoms with Gasteiger partial charge in [0.15, 0.2) is 11.5 Å². The summed E-state index contributed by atoms with van der Waals surface area (Å²) in [4.78, 5) is 38.8. The minimum atomic E-state index is -0.835. The van der Waals surface area contributed by atoms with Gasteiger partial charge < -0.3 is 14.2 Å². The molecule has 156 valence electrons. The van der Waals surface area contributed by atoms with Gasteiger partial charge in [-0.1, -0.05) is 18.2 Å². The number of rotatable bonds is 7. The summed E-state index contributed by atoms with van der Waals surface area (Å²) < 4.78 is 16.3. The molecule has 0 radical (unpaired) electrons. The Kier molecular flexibility index (Phi) is 6.36. The van der Waals surface area contributed by atoms with E-state index >= 15 is 0 Å². The van der Waals surface area contributed by atoms with Crippen LogP contribution in [0.1, 0.15) is 19.4 Å². The van der Waals surface area contributed by atoms with E-state index in [2.05, 4.69) is 5.32 Å². The van der Waals surface area contributed by atoms with Crippen molar-refractivity contribution < 1.29 is 28.6 Å². The first kappa shape index (κ1) is 20.9. The Bertz CT molecular complexity index is 1010. The Morgan fingerprint density at radius 3 is 2.33 bits per heavy atom. The lowest BCUT2D eigenvalue weighted by molar-refractivity contribution is -0.122. The van der Waals surface area contributed by atoms with Gasteiger partial charge in [0.2, 0.25) is 0 Å².